The summed E-state index contributed by atoms with van der Waals surface area (Å²) < 4.78 is 22.8. The molecule has 0 aromatic rings. The second-order valence-electron chi connectivity index (χ2n) is 12.4. The maximum absolute atomic E-state index is 10.2. The predicted octanol–water partition coefficient (Wildman–Crippen LogP) is 7.07. The molecule has 4 aliphatic carbocycles. The Morgan fingerprint density at radius 2 is 1.72 bits per heavy atom. The van der Waals surface area contributed by atoms with Gasteiger partial charge in [0, 0.05) is 0 Å². The van der Waals surface area contributed by atoms with E-state index in [2.05, 4.69) is 40.7 Å². The van der Waals surface area contributed by atoms with Crippen molar-refractivity contribution in [1.29, 1.82) is 0 Å². The SMILES string of the molecule is CC(C)CCC[C@@H](C)[C@H]1CC[C@H]2[C@@H]3CC=C4C[C@@H](O)CC[C@]4(C)[C@H]3CC[C@]12C.O=S(O)O. The van der Waals surface area contributed by atoms with E-state index in [1.54, 1.807) is 5.57 Å². The molecule has 186 valence electrons. The first-order chi connectivity index (χ1) is 15.0. The van der Waals surface area contributed by atoms with E-state index >= 15 is 0 Å². The number of rotatable bonds is 5. The number of hydrogen-bond acceptors (Lipinski definition) is 2. The number of aliphatic hydroxyl groups excluding tert-OH is 1. The molecule has 8 atom stereocenters. The second kappa shape index (κ2) is 10.6. The number of allylic oxidation sites excluding steroid dienone is 1. The highest BCUT2D eigenvalue weighted by molar-refractivity contribution is 7.73. The van der Waals surface area contributed by atoms with Crippen LogP contribution >= 0.6 is 0 Å². The summed E-state index contributed by atoms with van der Waals surface area (Å²) in [5.41, 5.74) is 2.60. The molecule has 0 unspecified atom stereocenters. The van der Waals surface area contributed by atoms with E-state index < -0.39 is 11.4 Å². The van der Waals surface area contributed by atoms with Gasteiger partial charge in [0.15, 0.2) is 0 Å². The van der Waals surface area contributed by atoms with E-state index in [9.17, 15) is 5.11 Å². The van der Waals surface area contributed by atoms with Crippen molar-refractivity contribution in [2.45, 2.75) is 111 Å². The maximum Gasteiger partial charge on any atom is 0.299 e. The standard InChI is InChI=1S/C27H46O.H2O3S/c1-18(2)7-6-8-19(3)23-11-12-24-22-10-9-20-17-21(28)13-15-26(20,4)25(22)14-16-27(23,24)5;1-4(2)3/h9,18-19,21-25,28H,6-8,10-17H2,1-5H3;(H2,1,2,3)/t19-,21+,22+,23-,24+,25+,26+,27-;/m1./s1. The average molecular weight is 469 g/mol. The molecule has 0 saturated heterocycles. The summed E-state index contributed by atoms with van der Waals surface area (Å²) in [7, 11) is 0. The van der Waals surface area contributed by atoms with Gasteiger partial charge in [0.1, 0.15) is 0 Å². The summed E-state index contributed by atoms with van der Waals surface area (Å²) in [6, 6.07) is 0. The lowest BCUT2D eigenvalue weighted by molar-refractivity contribution is -0.0573. The zero-order valence-corrected chi connectivity index (χ0v) is 21.9. The quantitative estimate of drug-likeness (QED) is 0.298. The van der Waals surface area contributed by atoms with Gasteiger partial charge in [0.2, 0.25) is 0 Å². The van der Waals surface area contributed by atoms with Crippen LogP contribution in [0.15, 0.2) is 11.6 Å². The fraction of sp³-hybridized carbons (Fsp3) is 0.926. The summed E-state index contributed by atoms with van der Waals surface area (Å²) >= 11 is -2.61. The van der Waals surface area contributed by atoms with Gasteiger partial charge in [-0.3, -0.25) is 9.11 Å². The molecule has 0 aliphatic heterocycles. The Labute approximate surface area is 199 Å². The fourth-order valence-electron chi connectivity index (χ4n) is 8.67. The van der Waals surface area contributed by atoms with E-state index in [1.807, 2.05) is 0 Å². The smallest absolute Gasteiger partial charge is 0.299 e. The second-order valence-corrected chi connectivity index (χ2v) is 12.9. The number of aliphatic hydroxyl groups is 1. The third-order valence-corrected chi connectivity index (χ3v) is 10.3. The van der Waals surface area contributed by atoms with Crippen molar-refractivity contribution in [3.8, 4) is 0 Å². The van der Waals surface area contributed by atoms with Gasteiger partial charge in [-0.05, 0) is 97.7 Å². The Bertz CT molecular complexity index is 687. The van der Waals surface area contributed by atoms with Gasteiger partial charge in [-0.1, -0.05) is 65.5 Å². The van der Waals surface area contributed by atoms with Crippen LogP contribution in [0.4, 0.5) is 0 Å². The molecule has 0 aromatic carbocycles. The van der Waals surface area contributed by atoms with Crippen molar-refractivity contribution in [2.24, 2.45) is 46.3 Å². The Hall–Kier alpha value is -0.230. The van der Waals surface area contributed by atoms with Crippen LogP contribution in [-0.2, 0) is 11.4 Å². The van der Waals surface area contributed by atoms with Crippen LogP contribution in [0, 0.1) is 46.3 Å². The molecular formula is C27H48O4S. The Balaban J connectivity index is 0.000000668. The van der Waals surface area contributed by atoms with Crippen LogP contribution in [0.2, 0.25) is 0 Å². The lowest BCUT2D eigenvalue weighted by Crippen LogP contribution is -2.50. The Morgan fingerprint density at radius 1 is 1.03 bits per heavy atom. The molecular weight excluding hydrogens is 420 g/mol. The number of fused-ring (bicyclic) bond motifs is 5. The van der Waals surface area contributed by atoms with E-state index in [-0.39, 0.29) is 6.10 Å². The fourth-order valence-corrected chi connectivity index (χ4v) is 8.67. The van der Waals surface area contributed by atoms with Crippen molar-refractivity contribution in [3.63, 3.8) is 0 Å². The third kappa shape index (κ3) is 5.37. The minimum atomic E-state index is -2.61. The van der Waals surface area contributed by atoms with Gasteiger partial charge < -0.3 is 5.11 Å². The first-order valence-electron chi connectivity index (χ1n) is 13.2. The van der Waals surface area contributed by atoms with Crippen molar-refractivity contribution < 1.29 is 18.4 Å². The highest BCUT2D eigenvalue weighted by Crippen LogP contribution is 2.67. The van der Waals surface area contributed by atoms with Gasteiger partial charge >= 0.3 is 0 Å². The van der Waals surface area contributed by atoms with Crippen LogP contribution in [0.5, 0.6) is 0 Å². The summed E-state index contributed by atoms with van der Waals surface area (Å²) in [5.74, 6) is 5.46. The first-order valence-corrected chi connectivity index (χ1v) is 14.2. The highest BCUT2D eigenvalue weighted by atomic mass is 32.2. The van der Waals surface area contributed by atoms with Gasteiger partial charge in [0.05, 0.1) is 6.10 Å². The summed E-state index contributed by atoms with van der Waals surface area (Å²) in [6.45, 7) is 12.6. The first kappa shape index (κ1) is 26.4. The molecule has 0 radical (unpaired) electrons. The normalized spacial score (nSPS) is 41.8. The van der Waals surface area contributed by atoms with Crippen LogP contribution < -0.4 is 0 Å². The number of hydrogen-bond donors (Lipinski definition) is 3. The Kier molecular flexibility index (Phi) is 8.72. The van der Waals surface area contributed by atoms with Gasteiger partial charge in [-0.15, -0.1) is 0 Å². The van der Waals surface area contributed by atoms with E-state index in [0.717, 1.165) is 48.3 Å². The molecule has 4 rings (SSSR count). The lowest BCUT2D eigenvalue weighted by atomic mass is 9.47. The van der Waals surface area contributed by atoms with Gasteiger partial charge in [-0.25, -0.2) is 0 Å². The molecule has 4 aliphatic rings. The molecule has 3 saturated carbocycles. The van der Waals surface area contributed by atoms with Crippen molar-refractivity contribution >= 4 is 11.4 Å². The lowest BCUT2D eigenvalue weighted by Gasteiger charge is -2.58. The molecule has 0 heterocycles. The van der Waals surface area contributed by atoms with E-state index in [0.29, 0.717) is 10.8 Å². The molecule has 0 amide bonds. The molecule has 0 spiro atoms. The van der Waals surface area contributed by atoms with Crippen LogP contribution in [0.25, 0.3) is 0 Å². The van der Waals surface area contributed by atoms with Crippen LogP contribution in [0.3, 0.4) is 0 Å². The van der Waals surface area contributed by atoms with E-state index in [4.69, 9.17) is 13.3 Å². The molecule has 3 fully saturated rings. The summed E-state index contributed by atoms with van der Waals surface area (Å²) in [5, 5.41) is 10.2. The van der Waals surface area contributed by atoms with Gasteiger partial charge in [0.25, 0.3) is 11.4 Å². The van der Waals surface area contributed by atoms with Crippen molar-refractivity contribution in [2.75, 3.05) is 0 Å². The third-order valence-electron chi connectivity index (χ3n) is 10.3. The predicted molar refractivity (Wildman–Crippen MR) is 132 cm³/mol. The summed E-state index contributed by atoms with van der Waals surface area (Å²) in [6.07, 6.45) is 17.2. The van der Waals surface area contributed by atoms with E-state index in [1.165, 1.54) is 57.8 Å². The molecule has 32 heavy (non-hydrogen) atoms. The van der Waals surface area contributed by atoms with Crippen molar-refractivity contribution in [1.82, 2.24) is 0 Å². The maximum atomic E-state index is 10.2. The molecule has 5 heteroatoms. The molecule has 3 N–H and O–H groups in total. The topological polar surface area (TPSA) is 77.8 Å². The largest absolute Gasteiger partial charge is 0.393 e. The van der Waals surface area contributed by atoms with Gasteiger partial charge in [-0.2, -0.15) is 4.21 Å². The molecule has 4 nitrogen and oxygen atoms in total. The monoisotopic (exact) mass is 468 g/mol. The summed E-state index contributed by atoms with van der Waals surface area (Å²) in [4.78, 5) is 0. The zero-order valence-electron chi connectivity index (χ0n) is 21.1. The minimum Gasteiger partial charge on any atom is -0.393 e. The van der Waals surface area contributed by atoms with Crippen LogP contribution in [-0.4, -0.2) is 24.5 Å². The highest BCUT2D eigenvalue weighted by Gasteiger charge is 2.59. The average Bonchev–Trinajstić information content (AvgIpc) is 3.05. The van der Waals surface area contributed by atoms with Crippen LogP contribution in [0.1, 0.15) is 105 Å². The minimum absolute atomic E-state index is 0.0766. The van der Waals surface area contributed by atoms with Crippen molar-refractivity contribution in [3.05, 3.63) is 11.6 Å². The molecule has 0 bridgehead atoms. The Morgan fingerprint density at radius 3 is 2.38 bits per heavy atom. The zero-order chi connectivity index (χ0) is 23.7. The molecule has 0 aromatic heterocycles.